The number of carbonyl (C=O) groups is 2. The molecule has 0 bridgehead atoms. The van der Waals surface area contributed by atoms with Crippen molar-refractivity contribution in [3.05, 3.63) is 99.7 Å². The first kappa shape index (κ1) is 21.8. The summed E-state index contributed by atoms with van der Waals surface area (Å²) >= 11 is 1.28. The van der Waals surface area contributed by atoms with E-state index in [-0.39, 0.29) is 17.6 Å². The first-order valence-corrected chi connectivity index (χ1v) is 11.1. The first-order chi connectivity index (χ1) is 15.4. The molecule has 4 rings (SSSR count). The van der Waals surface area contributed by atoms with Gasteiger partial charge in [-0.15, -0.1) is 0 Å². The summed E-state index contributed by atoms with van der Waals surface area (Å²) in [6, 6.07) is 19.9. The number of nitrogens with zero attached hydrogens (tertiary/aromatic N) is 1. The summed E-state index contributed by atoms with van der Waals surface area (Å²) < 4.78 is 14.0. The van der Waals surface area contributed by atoms with Crippen LogP contribution < -0.4 is 10.2 Å². The number of carbonyl (C=O) groups excluding carboxylic acids is 2. The zero-order valence-corrected chi connectivity index (χ0v) is 18.7. The number of aryl methyl sites for hydroxylation is 1. The highest BCUT2D eigenvalue weighted by Crippen LogP contribution is 2.42. The number of thioether (sulfide) groups is 1. The van der Waals surface area contributed by atoms with Crippen LogP contribution in [0.15, 0.2) is 76.5 Å². The fourth-order valence-corrected chi connectivity index (χ4v) is 4.53. The van der Waals surface area contributed by atoms with Crippen molar-refractivity contribution in [3.63, 3.8) is 0 Å². The molecule has 4 nitrogen and oxygen atoms in total. The maximum absolute atomic E-state index is 14.0. The Morgan fingerprint density at radius 3 is 2.59 bits per heavy atom. The van der Waals surface area contributed by atoms with Crippen LogP contribution in [-0.2, 0) is 11.2 Å². The number of amides is 2. The lowest BCUT2D eigenvalue weighted by Crippen LogP contribution is -2.31. The van der Waals surface area contributed by atoms with Gasteiger partial charge in [0.15, 0.2) is 0 Å². The van der Waals surface area contributed by atoms with Crippen molar-refractivity contribution in [1.82, 2.24) is 5.32 Å². The van der Waals surface area contributed by atoms with Gasteiger partial charge in [-0.25, -0.2) is 4.39 Å². The summed E-state index contributed by atoms with van der Waals surface area (Å²) in [5, 5.41) is 2.94. The maximum atomic E-state index is 14.0. The van der Waals surface area contributed by atoms with Crippen LogP contribution >= 0.6 is 11.8 Å². The van der Waals surface area contributed by atoms with Crippen LogP contribution in [-0.4, -0.2) is 25.4 Å². The molecule has 0 unspecified atom stereocenters. The molecule has 0 spiro atoms. The Hall–Kier alpha value is -3.38. The normalized spacial score (nSPS) is 14.4. The molecule has 3 aromatic carbocycles. The van der Waals surface area contributed by atoms with E-state index in [1.807, 2.05) is 13.0 Å². The fourth-order valence-electron chi connectivity index (χ4n) is 3.45. The van der Waals surface area contributed by atoms with Crippen LogP contribution in [0.3, 0.4) is 0 Å². The second-order valence-electron chi connectivity index (χ2n) is 7.67. The number of rotatable bonds is 5. The number of halogens is 1. The van der Waals surface area contributed by atoms with E-state index in [0.29, 0.717) is 28.3 Å². The molecule has 0 radical (unpaired) electrons. The van der Waals surface area contributed by atoms with E-state index in [0.717, 1.165) is 16.9 Å². The molecule has 0 aliphatic carbocycles. The Balaban J connectivity index is 1.47. The quantitative estimate of drug-likeness (QED) is 0.547. The van der Waals surface area contributed by atoms with Crippen LogP contribution in [0.5, 0.6) is 0 Å². The maximum Gasteiger partial charge on any atom is 0.264 e. The van der Waals surface area contributed by atoms with E-state index in [4.69, 9.17) is 0 Å². The number of anilines is 1. The number of fused-ring (bicyclic) bond motifs is 1. The zero-order chi connectivity index (χ0) is 22.7. The molecule has 1 aliphatic heterocycles. The van der Waals surface area contributed by atoms with Gasteiger partial charge in [0.2, 0.25) is 0 Å². The number of hydrogen-bond acceptors (Lipinski definition) is 3. The molecule has 0 saturated heterocycles. The van der Waals surface area contributed by atoms with Gasteiger partial charge in [-0.1, -0.05) is 59.8 Å². The third-order valence-electron chi connectivity index (χ3n) is 5.33. The van der Waals surface area contributed by atoms with Crippen molar-refractivity contribution >= 4 is 35.3 Å². The average Bonchev–Trinajstić information content (AvgIpc) is 2.79. The Morgan fingerprint density at radius 2 is 1.84 bits per heavy atom. The third kappa shape index (κ3) is 4.75. The van der Waals surface area contributed by atoms with Crippen LogP contribution in [0.4, 0.5) is 10.1 Å². The van der Waals surface area contributed by atoms with Crippen molar-refractivity contribution < 1.29 is 14.0 Å². The molecule has 2 amide bonds. The van der Waals surface area contributed by atoms with Gasteiger partial charge in [0.05, 0.1) is 10.6 Å². The van der Waals surface area contributed by atoms with Crippen molar-refractivity contribution in [2.45, 2.75) is 18.2 Å². The Kier molecular flexibility index (Phi) is 6.42. The van der Waals surface area contributed by atoms with Crippen LogP contribution in [0.2, 0.25) is 0 Å². The van der Waals surface area contributed by atoms with Gasteiger partial charge in [-0.3, -0.25) is 9.59 Å². The van der Waals surface area contributed by atoms with E-state index in [2.05, 4.69) is 29.6 Å². The van der Waals surface area contributed by atoms with Gasteiger partial charge >= 0.3 is 0 Å². The van der Waals surface area contributed by atoms with E-state index in [1.54, 1.807) is 43.5 Å². The molecular weight excluding hydrogens is 423 g/mol. The highest BCUT2D eigenvalue weighted by Gasteiger charge is 2.27. The van der Waals surface area contributed by atoms with Gasteiger partial charge < -0.3 is 10.2 Å². The summed E-state index contributed by atoms with van der Waals surface area (Å²) in [5.41, 5.74) is 3.89. The standard InChI is InChI=1S/C26H23FN2O2S/c1-17-7-9-18(10-8-17)13-14-28-25(30)20-11-12-23-22(15-20)29(2)26(31)24(32-23)16-19-5-3-4-6-21(19)27/h3-12,15-16H,13-14H2,1-2H3,(H,28,30)/b24-16-. The molecule has 0 saturated carbocycles. The van der Waals surface area contributed by atoms with Gasteiger partial charge in [0.1, 0.15) is 5.82 Å². The van der Waals surface area contributed by atoms with Crippen LogP contribution in [0.1, 0.15) is 27.0 Å². The molecule has 1 heterocycles. The summed E-state index contributed by atoms with van der Waals surface area (Å²) in [6.45, 7) is 2.57. The summed E-state index contributed by atoms with van der Waals surface area (Å²) in [5.74, 6) is -0.791. The van der Waals surface area contributed by atoms with Crippen molar-refractivity contribution in [2.75, 3.05) is 18.5 Å². The van der Waals surface area contributed by atoms with Gasteiger partial charge in [0.25, 0.3) is 11.8 Å². The number of benzene rings is 3. The van der Waals surface area contributed by atoms with E-state index < -0.39 is 0 Å². The predicted octanol–water partition coefficient (Wildman–Crippen LogP) is 5.22. The first-order valence-electron chi connectivity index (χ1n) is 10.3. The van der Waals surface area contributed by atoms with Crippen molar-refractivity contribution in [2.24, 2.45) is 0 Å². The van der Waals surface area contributed by atoms with Gasteiger partial charge in [-0.2, -0.15) is 0 Å². The summed E-state index contributed by atoms with van der Waals surface area (Å²) in [6.07, 6.45) is 2.31. The second-order valence-corrected chi connectivity index (χ2v) is 8.75. The SMILES string of the molecule is Cc1ccc(CCNC(=O)c2ccc3c(c2)N(C)C(=O)/C(=C/c2ccccc2F)S3)cc1. The minimum atomic E-state index is -0.375. The molecule has 1 N–H and O–H groups in total. The van der Waals surface area contributed by atoms with Crippen molar-refractivity contribution in [1.29, 1.82) is 0 Å². The predicted molar refractivity (Wildman–Crippen MR) is 127 cm³/mol. The molecule has 32 heavy (non-hydrogen) atoms. The van der Waals surface area contributed by atoms with Gasteiger partial charge in [-0.05, 0) is 49.2 Å². The topological polar surface area (TPSA) is 49.4 Å². The molecule has 0 aromatic heterocycles. The molecule has 1 aliphatic rings. The molecule has 162 valence electrons. The minimum Gasteiger partial charge on any atom is -0.352 e. The number of nitrogens with one attached hydrogen (secondary N) is 1. The monoisotopic (exact) mass is 446 g/mol. The van der Waals surface area contributed by atoms with Crippen molar-refractivity contribution in [3.8, 4) is 0 Å². The molecule has 0 atom stereocenters. The smallest absolute Gasteiger partial charge is 0.264 e. The Labute approximate surface area is 191 Å². The molecule has 3 aromatic rings. The van der Waals surface area contributed by atoms with Crippen LogP contribution in [0, 0.1) is 12.7 Å². The number of hydrogen-bond donors (Lipinski definition) is 1. The van der Waals surface area contributed by atoms with E-state index in [1.165, 1.54) is 28.3 Å². The lowest BCUT2D eigenvalue weighted by Gasteiger charge is -2.27. The Morgan fingerprint density at radius 1 is 1.09 bits per heavy atom. The molecule has 0 fully saturated rings. The summed E-state index contributed by atoms with van der Waals surface area (Å²) in [7, 11) is 1.66. The second kappa shape index (κ2) is 9.40. The van der Waals surface area contributed by atoms with Gasteiger partial charge in [0, 0.05) is 29.6 Å². The number of likely N-dealkylation sites (N-methyl/N-ethyl adjacent to an activating group) is 1. The third-order valence-corrected chi connectivity index (χ3v) is 6.41. The molecule has 6 heteroatoms. The van der Waals surface area contributed by atoms with Crippen LogP contribution in [0.25, 0.3) is 6.08 Å². The lowest BCUT2D eigenvalue weighted by molar-refractivity contribution is -0.114. The van der Waals surface area contributed by atoms with E-state index >= 15 is 0 Å². The lowest BCUT2D eigenvalue weighted by atomic mass is 10.1. The highest BCUT2D eigenvalue weighted by molar-refractivity contribution is 8.04. The van der Waals surface area contributed by atoms with E-state index in [9.17, 15) is 14.0 Å². The average molecular weight is 447 g/mol. The minimum absolute atomic E-state index is 0.182. The Bertz CT molecular complexity index is 1200. The highest BCUT2D eigenvalue weighted by atomic mass is 32.2. The molecular formula is C26H23FN2O2S. The zero-order valence-electron chi connectivity index (χ0n) is 17.9. The summed E-state index contributed by atoms with van der Waals surface area (Å²) in [4.78, 5) is 28.3. The largest absolute Gasteiger partial charge is 0.352 e. The fraction of sp³-hybridized carbons (Fsp3) is 0.154.